The third-order valence-corrected chi connectivity index (χ3v) is 4.90. The molecule has 0 fully saturated rings. The minimum Gasteiger partial charge on any atom is -0.497 e. The second-order valence-electron chi connectivity index (χ2n) is 7.54. The van der Waals surface area contributed by atoms with Crippen molar-refractivity contribution in [2.45, 2.75) is 37.7 Å². The first-order chi connectivity index (χ1) is 14.4. The smallest absolute Gasteiger partial charge is 0.428 e. The zero-order valence-electron chi connectivity index (χ0n) is 17.7. The van der Waals surface area contributed by atoms with E-state index in [2.05, 4.69) is 10.5 Å². The van der Waals surface area contributed by atoms with Crippen LogP contribution in [0.2, 0.25) is 0 Å². The maximum absolute atomic E-state index is 12.9. The summed E-state index contributed by atoms with van der Waals surface area (Å²) in [5.41, 5.74) is 2.19. The summed E-state index contributed by atoms with van der Waals surface area (Å²) in [6, 6.07) is 12.3. The Kier molecular flexibility index (Phi) is 7.53. The normalized spacial score (nSPS) is 12.2. The number of benzene rings is 2. The number of carbonyl (C=O) groups is 2. The Labute approximate surface area is 181 Å². The third kappa shape index (κ3) is 7.19. The van der Waals surface area contributed by atoms with E-state index < -0.39 is 27.5 Å². The fourth-order valence-corrected chi connectivity index (χ4v) is 3.35. The predicted molar refractivity (Wildman–Crippen MR) is 116 cm³/mol. The largest absolute Gasteiger partial charge is 0.497 e. The molecule has 0 heterocycles. The molecule has 0 spiro atoms. The highest BCUT2D eigenvalue weighted by Crippen LogP contribution is 2.19. The van der Waals surface area contributed by atoms with Gasteiger partial charge in [0.05, 0.1) is 24.1 Å². The molecule has 2 aromatic carbocycles. The van der Waals surface area contributed by atoms with Crippen molar-refractivity contribution in [2.24, 2.45) is 10.2 Å². The van der Waals surface area contributed by atoms with Gasteiger partial charge in [0.15, 0.2) is 5.78 Å². The van der Waals surface area contributed by atoms with Gasteiger partial charge in [-0.1, -0.05) is 18.2 Å². The summed E-state index contributed by atoms with van der Waals surface area (Å²) < 4.78 is 34.0. The van der Waals surface area contributed by atoms with Crippen LogP contribution >= 0.6 is 0 Å². The number of hydrazone groups is 1. The zero-order chi connectivity index (χ0) is 23.2. The van der Waals surface area contributed by atoms with Crippen molar-refractivity contribution in [3.63, 3.8) is 0 Å². The van der Waals surface area contributed by atoms with Crippen LogP contribution in [-0.4, -0.2) is 38.7 Å². The zero-order valence-corrected chi connectivity index (χ0v) is 18.5. The van der Waals surface area contributed by atoms with Crippen molar-refractivity contribution < 1.29 is 27.5 Å². The molecule has 1 amide bonds. The van der Waals surface area contributed by atoms with Gasteiger partial charge in [0.1, 0.15) is 11.4 Å². The highest BCUT2D eigenvalue weighted by Gasteiger charge is 2.21. The molecule has 0 aromatic heterocycles. The van der Waals surface area contributed by atoms with Gasteiger partial charge in [-0.15, -0.1) is 0 Å². The molecule has 0 radical (unpaired) electrons. The van der Waals surface area contributed by atoms with Crippen molar-refractivity contribution in [3.8, 4) is 5.75 Å². The average molecular weight is 448 g/mol. The monoisotopic (exact) mass is 447 g/mol. The Morgan fingerprint density at radius 3 is 2.23 bits per heavy atom. The Hall–Kier alpha value is -3.24. The number of hydrogen-bond acceptors (Lipinski definition) is 7. The first-order valence-electron chi connectivity index (χ1n) is 9.26. The molecule has 0 aliphatic carbocycles. The van der Waals surface area contributed by atoms with E-state index in [1.165, 1.54) is 31.4 Å². The second kappa shape index (κ2) is 9.71. The summed E-state index contributed by atoms with van der Waals surface area (Å²) in [5.74, 6) is 0.0549. The number of amides is 1. The summed E-state index contributed by atoms with van der Waals surface area (Å²) in [6.45, 7) is 5.11. The van der Waals surface area contributed by atoms with Gasteiger partial charge in [-0.05, 0) is 56.7 Å². The van der Waals surface area contributed by atoms with Gasteiger partial charge >= 0.3 is 6.09 Å². The Morgan fingerprint density at radius 1 is 1.06 bits per heavy atom. The molecule has 2 aromatic rings. The van der Waals surface area contributed by atoms with Gasteiger partial charge in [-0.3, -0.25) is 4.79 Å². The van der Waals surface area contributed by atoms with Gasteiger partial charge in [0, 0.05) is 5.56 Å². The minimum atomic E-state index is -4.10. The molecule has 0 aliphatic rings. The van der Waals surface area contributed by atoms with Crippen LogP contribution in [0.25, 0.3) is 0 Å². The summed E-state index contributed by atoms with van der Waals surface area (Å²) >= 11 is 0. The predicted octanol–water partition coefficient (Wildman–Crippen LogP) is 2.84. The fourth-order valence-electron chi connectivity index (χ4n) is 2.60. The molecule has 0 bridgehead atoms. The van der Waals surface area contributed by atoms with E-state index in [0.717, 1.165) is 0 Å². The Balaban J connectivity index is 2.38. The molecule has 9 nitrogen and oxygen atoms in total. The van der Waals surface area contributed by atoms with E-state index in [9.17, 15) is 18.0 Å². The second-order valence-corrected chi connectivity index (χ2v) is 9.07. The fraction of sp³-hybridized carbons (Fsp3) is 0.286. The lowest BCUT2D eigenvalue weighted by Crippen LogP contribution is -2.30. The molecular formula is C21H25N3O6S. The molecule has 31 heavy (non-hydrogen) atoms. The summed E-state index contributed by atoms with van der Waals surface area (Å²) in [6.07, 6.45) is -1.09. The van der Waals surface area contributed by atoms with E-state index >= 15 is 0 Å². The molecule has 0 aliphatic heterocycles. The van der Waals surface area contributed by atoms with Crippen molar-refractivity contribution in [3.05, 3.63) is 59.7 Å². The number of carbonyl (C=O) groups excluding carboxylic acids is 2. The number of nitrogens with one attached hydrogen (secondary N) is 1. The SMILES string of the molecule is COc1ccc(/C(CC(=O)c2ccccc2S(N)(=O)=O)=N/NC(=O)OC(C)(C)C)cc1. The van der Waals surface area contributed by atoms with Gasteiger partial charge in [0.25, 0.3) is 0 Å². The van der Waals surface area contributed by atoms with Gasteiger partial charge in [0.2, 0.25) is 10.0 Å². The molecule has 10 heteroatoms. The van der Waals surface area contributed by atoms with E-state index in [1.54, 1.807) is 45.0 Å². The quantitative estimate of drug-likeness (QED) is 0.380. The van der Waals surface area contributed by atoms with Crippen molar-refractivity contribution in [2.75, 3.05) is 7.11 Å². The summed E-state index contributed by atoms with van der Waals surface area (Å²) in [7, 11) is -2.59. The van der Waals surface area contributed by atoms with Crippen LogP contribution < -0.4 is 15.3 Å². The van der Waals surface area contributed by atoms with Crippen LogP contribution in [0, 0.1) is 0 Å². The number of ketones is 1. The average Bonchev–Trinajstić information content (AvgIpc) is 2.69. The molecule has 166 valence electrons. The van der Waals surface area contributed by atoms with Crippen LogP contribution in [0.1, 0.15) is 43.1 Å². The van der Waals surface area contributed by atoms with E-state index in [0.29, 0.717) is 11.3 Å². The van der Waals surface area contributed by atoms with Crippen LogP contribution in [-0.2, 0) is 14.8 Å². The molecule has 2 rings (SSSR count). The van der Waals surface area contributed by atoms with Gasteiger partial charge < -0.3 is 9.47 Å². The summed E-state index contributed by atoms with van der Waals surface area (Å²) in [5, 5.41) is 9.27. The topological polar surface area (TPSA) is 137 Å². The number of methoxy groups -OCH3 is 1. The number of primary sulfonamides is 1. The summed E-state index contributed by atoms with van der Waals surface area (Å²) in [4.78, 5) is 24.6. The third-order valence-electron chi connectivity index (χ3n) is 3.93. The minimum absolute atomic E-state index is 0.0662. The van der Waals surface area contributed by atoms with Crippen molar-refractivity contribution >= 4 is 27.6 Å². The highest BCUT2D eigenvalue weighted by atomic mass is 32.2. The molecule has 0 saturated heterocycles. The highest BCUT2D eigenvalue weighted by molar-refractivity contribution is 7.89. The number of nitrogens with two attached hydrogens (primary N) is 1. The molecule has 0 unspecified atom stereocenters. The lowest BCUT2D eigenvalue weighted by molar-refractivity contribution is 0.0528. The van der Waals surface area contributed by atoms with Crippen molar-refractivity contribution in [1.82, 2.24) is 5.43 Å². The lowest BCUT2D eigenvalue weighted by atomic mass is 10.0. The molecule has 0 atom stereocenters. The molecule has 3 N–H and O–H groups in total. The maximum atomic E-state index is 12.9. The van der Waals surface area contributed by atoms with E-state index in [4.69, 9.17) is 14.6 Å². The molecular weight excluding hydrogens is 422 g/mol. The number of sulfonamides is 1. The van der Waals surface area contributed by atoms with Crippen LogP contribution in [0.5, 0.6) is 5.75 Å². The Bertz CT molecular complexity index is 1090. The number of hydrogen-bond donors (Lipinski definition) is 2. The first-order valence-corrected chi connectivity index (χ1v) is 10.8. The number of nitrogens with zero attached hydrogens (tertiary/aromatic N) is 1. The van der Waals surface area contributed by atoms with Crippen LogP contribution in [0.3, 0.4) is 0 Å². The number of Topliss-reactive ketones (excluding diaryl/α,β-unsaturated/α-hetero) is 1. The lowest BCUT2D eigenvalue weighted by Gasteiger charge is -2.18. The standard InChI is InChI=1S/C21H25N3O6S/c1-21(2,3)30-20(26)24-23-17(14-9-11-15(29-4)12-10-14)13-18(25)16-7-5-6-8-19(16)31(22,27)28/h5-12H,13H2,1-4H3,(H,24,26)(H2,22,27,28)/b23-17+. The van der Waals surface area contributed by atoms with Crippen molar-refractivity contribution in [1.29, 1.82) is 0 Å². The van der Waals surface area contributed by atoms with Gasteiger partial charge in [-0.25, -0.2) is 23.8 Å². The van der Waals surface area contributed by atoms with E-state index in [1.807, 2.05) is 0 Å². The maximum Gasteiger partial charge on any atom is 0.428 e. The molecule has 0 saturated carbocycles. The first kappa shape index (κ1) is 24.0. The number of rotatable bonds is 7. The van der Waals surface area contributed by atoms with Gasteiger partial charge in [-0.2, -0.15) is 5.10 Å². The Morgan fingerprint density at radius 2 is 1.68 bits per heavy atom. The van der Waals surface area contributed by atoms with E-state index in [-0.39, 0.29) is 22.6 Å². The number of ether oxygens (including phenoxy) is 2. The van der Waals surface area contributed by atoms with Crippen LogP contribution in [0.4, 0.5) is 4.79 Å². The van der Waals surface area contributed by atoms with Crippen LogP contribution in [0.15, 0.2) is 58.5 Å².